The number of methoxy groups -OCH3 is 1. The van der Waals surface area contributed by atoms with E-state index in [4.69, 9.17) is 14.2 Å². The van der Waals surface area contributed by atoms with Gasteiger partial charge < -0.3 is 14.2 Å². The number of cyclic esters (lactones) is 1. The first-order chi connectivity index (χ1) is 17.7. The van der Waals surface area contributed by atoms with Crippen LogP contribution in [-0.2, 0) is 20.9 Å². The zero-order chi connectivity index (χ0) is 25.7. The first-order valence-electron chi connectivity index (χ1n) is 14.4. The van der Waals surface area contributed by atoms with Crippen molar-refractivity contribution in [2.75, 3.05) is 7.11 Å². The van der Waals surface area contributed by atoms with Gasteiger partial charge in [0.25, 0.3) is 0 Å². The van der Waals surface area contributed by atoms with E-state index in [2.05, 4.69) is 24.3 Å². The molecule has 0 spiro atoms. The minimum absolute atomic E-state index is 0.111. The lowest BCUT2D eigenvalue weighted by atomic mass is 10.0. The van der Waals surface area contributed by atoms with Crippen molar-refractivity contribution in [1.29, 1.82) is 0 Å². The minimum atomic E-state index is -0.159. The second-order valence-electron chi connectivity index (χ2n) is 10.2. The van der Waals surface area contributed by atoms with E-state index < -0.39 is 0 Å². The van der Waals surface area contributed by atoms with Gasteiger partial charge in [-0.15, -0.1) is 0 Å². The van der Waals surface area contributed by atoms with E-state index in [9.17, 15) is 4.79 Å². The lowest BCUT2D eigenvalue weighted by molar-refractivity contribution is -0.151. The van der Waals surface area contributed by atoms with Gasteiger partial charge in [-0.3, -0.25) is 4.79 Å². The summed E-state index contributed by atoms with van der Waals surface area (Å²) in [6.07, 6.45) is 27.1. The van der Waals surface area contributed by atoms with Crippen LogP contribution in [0.4, 0.5) is 0 Å². The van der Waals surface area contributed by atoms with Crippen LogP contribution < -0.4 is 4.74 Å². The Morgan fingerprint density at radius 3 is 2.03 bits per heavy atom. The van der Waals surface area contributed by atoms with E-state index in [0.717, 1.165) is 43.4 Å². The second kappa shape index (κ2) is 20.0. The molecule has 1 aliphatic rings. The molecule has 36 heavy (non-hydrogen) atoms. The van der Waals surface area contributed by atoms with Gasteiger partial charge in [-0.2, -0.15) is 0 Å². The van der Waals surface area contributed by atoms with E-state index in [-0.39, 0.29) is 18.2 Å². The standard InChI is InChI=1S/C32H50O4/c1-28-20-18-16-14-12-10-8-6-4-3-5-7-9-11-13-15-17-19-21-31(26-32(33)36-28)35-27-29-22-24-30(34-2)25-23-29/h8,10,16,18,22-25,28,31H,3-7,9,11-15,17,19-21,26-27H2,1-2H3/b10-8+,18-16+. The molecule has 202 valence electrons. The monoisotopic (exact) mass is 498 g/mol. The number of esters is 1. The number of allylic oxidation sites excluding steroid dienone is 3. The molecule has 0 amide bonds. The smallest absolute Gasteiger partial charge is 0.308 e. The number of carbonyl (C=O) groups excluding carboxylic acids is 1. The lowest BCUT2D eigenvalue weighted by Crippen LogP contribution is -2.22. The van der Waals surface area contributed by atoms with Crippen LogP contribution >= 0.6 is 0 Å². The molecule has 1 aromatic carbocycles. The highest BCUT2D eigenvalue weighted by Crippen LogP contribution is 2.18. The van der Waals surface area contributed by atoms with Gasteiger partial charge in [0.2, 0.25) is 0 Å². The molecule has 1 aromatic rings. The summed E-state index contributed by atoms with van der Waals surface area (Å²) in [5, 5.41) is 0. The van der Waals surface area contributed by atoms with E-state index in [1.54, 1.807) is 7.11 Å². The zero-order valence-corrected chi connectivity index (χ0v) is 22.9. The first-order valence-corrected chi connectivity index (χ1v) is 14.4. The Labute approximate surface area is 220 Å². The Hall–Kier alpha value is -2.07. The van der Waals surface area contributed by atoms with Crippen LogP contribution in [-0.4, -0.2) is 25.3 Å². The number of carbonyl (C=O) groups is 1. The zero-order valence-electron chi connectivity index (χ0n) is 22.9. The van der Waals surface area contributed by atoms with Gasteiger partial charge in [-0.05, 0) is 56.7 Å². The third-order valence-electron chi connectivity index (χ3n) is 6.82. The Balaban J connectivity index is 1.85. The average molecular weight is 499 g/mol. The minimum Gasteiger partial charge on any atom is -0.497 e. The SMILES string of the molecule is COc1ccc(COC2CCCCCCCCCCCC/C=C/CC/C=C/CC(C)OC(=O)C2)cc1. The van der Waals surface area contributed by atoms with Crippen molar-refractivity contribution in [3.63, 3.8) is 0 Å². The Kier molecular flexibility index (Phi) is 16.8. The fourth-order valence-electron chi connectivity index (χ4n) is 4.57. The van der Waals surface area contributed by atoms with Crippen molar-refractivity contribution >= 4 is 5.97 Å². The predicted molar refractivity (Wildman–Crippen MR) is 149 cm³/mol. The van der Waals surface area contributed by atoms with Crippen LogP contribution in [0.3, 0.4) is 0 Å². The van der Waals surface area contributed by atoms with Crippen LogP contribution in [0.5, 0.6) is 5.75 Å². The molecule has 2 rings (SSSR count). The number of benzene rings is 1. The Morgan fingerprint density at radius 1 is 0.778 bits per heavy atom. The number of hydrogen-bond acceptors (Lipinski definition) is 4. The maximum Gasteiger partial charge on any atom is 0.308 e. The molecule has 0 saturated heterocycles. The van der Waals surface area contributed by atoms with Crippen molar-refractivity contribution in [1.82, 2.24) is 0 Å². The van der Waals surface area contributed by atoms with Gasteiger partial charge in [0.15, 0.2) is 0 Å². The highest BCUT2D eigenvalue weighted by Gasteiger charge is 2.17. The summed E-state index contributed by atoms with van der Waals surface area (Å²) in [4.78, 5) is 12.7. The topological polar surface area (TPSA) is 44.8 Å². The summed E-state index contributed by atoms with van der Waals surface area (Å²) in [5.74, 6) is 0.676. The van der Waals surface area contributed by atoms with Crippen LogP contribution in [0.1, 0.15) is 115 Å². The summed E-state index contributed by atoms with van der Waals surface area (Å²) in [7, 11) is 1.67. The van der Waals surface area contributed by atoms with Crippen LogP contribution in [0.15, 0.2) is 48.6 Å². The number of hydrogen-bond donors (Lipinski definition) is 0. The molecule has 2 atom stereocenters. The Morgan fingerprint density at radius 2 is 1.36 bits per heavy atom. The second-order valence-corrected chi connectivity index (χ2v) is 10.2. The summed E-state index contributed by atoms with van der Waals surface area (Å²) < 4.78 is 17.1. The summed E-state index contributed by atoms with van der Waals surface area (Å²) in [6, 6.07) is 7.92. The normalized spacial score (nSPS) is 24.7. The number of ether oxygens (including phenoxy) is 3. The van der Waals surface area contributed by atoms with Gasteiger partial charge in [0, 0.05) is 6.42 Å². The molecule has 0 aromatic heterocycles. The quantitative estimate of drug-likeness (QED) is 0.307. The molecule has 0 bridgehead atoms. The van der Waals surface area contributed by atoms with Gasteiger partial charge >= 0.3 is 5.97 Å². The van der Waals surface area contributed by atoms with Gasteiger partial charge in [0.05, 0.1) is 26.2 Å². The third-order valence-corrected chi connectivity index (χ3v) is 6.82. The molecule has 0 N–H and O–H groups in total. The molecular formula is C32H50O4. The van der Waals surface area contributed by atoms with Crippen molar-refractivity contribution in [3.05, 3.63) is 54.1 Å². The molecule has 1 heterocycles. The van der Waals surface area contributed by atoms with Gasteiger partial charge in [0.1, 0.15) is 11.9 Å². The summed E-state index contributed by atoms with van der Waals surface area (Å²) in [6.45, 7) is 2.47. The number of rotatable bonds is 4. The molecule has 0 fully saturated rings. The average Bonchev–Trinajstić information content (AvgIpc) is 2.88. The largest absolute Gasteiger partial charge is 0.497 e. The van der Waals surface area contributed by atoms with Crippen LogP contribution in [0.25, 0.3) is 0 Å². The fraction of sp³-hybridized carbons (Fsp3) is 0.656. The molecule has 1 aliphatic heterocycles. The van der Waals surface area contributed by atoms with Gasteiger partial charge in [-0.25, -0.2) is 0 Å². The van der Waals surface area contributed by atoms with Crippen LogP contribution in [0.2, 0.25) is 0 Å². The third kappa shape index (κ3) is 15.1. The molecule has 0 aliphatic carbocycles. The van der Waals surface area contributed by atoms with Crippen molar-refractivity contribution in [3.8, 4) is 5.75 Å². The molecule has 0 saturated carbocycles. The molecule has 0 radical (unpaired) electrons. The molecule has 4 heteroatoms. The fourth-order valence-corrected chi connectivity index (χ4v) is 4.57. The molecular weight excluding hydrogens is 448 g/mol. The molecule has 4 nitrogen and oxygen atoms in total. The van der Waals surface area contributed by atoms with E-state index in [1.807, 2.05) is 31.2 Å². The Bertz CT molecular complexity index is 737. The van der Waals surface area contributed by atoms with Crippen molar-refractivity contribution < 1.29 is 19.0 Å². The first kappa shape index (κ1) is 30.2. The highest BCUT2D eigenvalue weighted by molar-refractivity contribution is 5.70. The maximum atomic E-state index is 12.7. The van der Waals surface area contributed by atoms with E-state index >= 15 is 0 Å². The summed E-state index contributed by atoms with van der Waals surface area (Å²) >= 11 is 0. The molecule has 2 unspecified atom stereocenters. The maximum absolute atomic E-state index is 12.7. The van der Waals surface area contributed by atoms with Crippen molar-refractivity contribution in [2.45, 2.75) is 128 Å². The highest BCUT2D eigenvalue weighted by atomic mass is 16.5. The van der Waals surface area contributed by atoms with E-state index in [1.165, 1.54) is 64.2 Å². The van der Waals surface area contributed by atoms with E-state index in [0.29, 0.717) is 13.0 Å². The summed E-state index contributed by atoms with van der Waals surface area (Å²) in [5.41, 5.74) is 1.09. The van der Waals surface area contributed by atoms with Crippen molar-refractivity contribution in [2.24, 2.45) is 0 Å². The van der Waals surface area contributed by atoms with Crippen LogP contribution in [0, 0.1) is 0 Å². The predicted octanol–water partition coefficient (Wildman–Crippen LogP) is 8.88. The van der Waals surface area contributed by atoms with Gasteiger partial charge in [-0.1, -0.05) is 94.2 Å². The lowest BCUT2D eigenvalue weighted by Gasteiger charge is -2.19.